The smallest absolute Gasteiger partial charge is 0.255 e. The predicted molar refractivity (Wildman–Crippen MR) is 127 cm³/mol. The molecule has 4 aromatic rings. The molecular formula is C25H24N2O3S. The predicted octanol–water partition coefficient (Wildman–Crippen LogP) is 6.32. The summed E-state index contributed by atoms with van der Waals surface area (Å²) in [6, 6.07) is 19.2. The zero-order valence-electron chi connectivity index (χ0n) is 17.8. The summed E-state index contributed by atoms with van der Waals surface area (Å²) in [7, 11) is 0. The highest BCUT2D eigenvalue weighted by molar-refractivity contribution is 7.21. The summed E-state index contributed by atoms with van der Waals surface area (Å²) in [4.78, 5) is 17.4. The SMILES string of the molecule is CCOc1ccc(C(=O)Nc2ccc(-c3nc4ccc(C)cc4s3)cc2)cc1OCC. The molecule has 5 nitrogen and oxygen atoms in total. The lowest BCUT2D eigenvalue weighted by molar-refractivity contribution is 0.102. The summed E-state index contributed by atoms with van der Waals surface area (Å²) < 4.78 is 12.4. The van der Waals surface area contributed by atoms with Gasteiger partial charge in [-0.25, -0.2) is 4.98 Å². The fourth-order valence-electron chi connectivity index (χ4n) is 3.25. The van der Waals surface area contributed by atoms with Gasteiger partial charge in [0.15, 0.2) is 11.5 Å². The van der Waals surface area contributed by atoms with Gasteiger partial charge in [0.25, 0.3) is 5.91 Å². The average molecular weight is 433 g/mol. The van der Waals surface area contributed by atoms with Gasteiger partial charge in [-0.1, -0.05) is 6.07 Å². The largest absolute Gasteiger partial charge is 0.490 e. The van der Waals surface area contributed by atoms with Gasteiger partial charge >= 0.3 is 0 Å². The van der Waals surface area contributed by atoms with Crippen LogP contribution in [0, 0.1) is 6.92 Å². The van der Waals surface area contributed by atoms with Crippen LogP contribution in [0.25, 0.3) is 20.8 Å². The average Bonchev–Trinajstić information content (AvgIpc) is 3.19. The maximum absolute atomic E-state index is 12.7. The monoisotopic (exact) mass is 432 g/mol. The van der Waals surface area contributed by atoms with Crippen molar-refractivity contribution in [1.82, 2.24) is 4.98 Å². The van der Waals surface area contributed by atoms with Crippen LogP contribution in [0.15, 0.2) is 60.7 Å². The molecule has 0 unspecified atom stereocenters. The van der Waals surface area contributed by atoms with Crippen LogP contribution in [0.5, 0.6) is 11.5 Å². The summed E-state index contributed by atoms with van der Waals surface area (Å²) in [5.74, 6) is 1.00. The fraction of sp³-hybridized carbons (Fsp3) is 0.200. The third kappa shape index (κ3) is 4.70. The molecule has 1 amide bonds. The summed E-state index contributed by atoms with van der Waals surface area (Å²) in [6.45, 7) is 6.92. The van der Waals surface area contributed by atoms with Crippen molar-refractivity contribution in [3.63, 3.8) is 0 Å². The van der Waals surface area contributed by atoms with Gasteiger partial charge in [0.2, 0.25) is 0 Å². The van der Waals surface area contributed by atoms with Crippen molar-refractivity contribution in [3.05, 3.63) is 71.8 Å². The van der Waals surface area contributed by atoms with Crippen LogP contribution in [0.2, 0.25) is 0 Å². The van der Waals surface area contributed by atoms with Crippen LogP contribution < -0.4 is 14.8 Å². The van der Waals surface area contributed by atoms with E-state index in [-0.39, 0.29) is 5.91 Å². The van der Waals surface area contributed by atoms with Gasteiger partial charge in [0, 0.05) is 16.8 Å². The summed E-state index contributed by atoms with van der Waals surface area (Å²) >= 11 is 1.67. The van der Waals surface area contributed by atoms with Crippen molar-refractivity contribution in [2.24, 2.45) is 0 Å². The van der Waals surface area contributed by atoms with Crippen LogP contribution in [-0.2, 0) is 0 Å². The standard InChI is InChI=1S/C25H24N2O3S/c1-4-29-21-13-9-18(15-22(21)30-5-2)24(28)26-19-10-7-17(8-11-19)25-27-20-12-6-16(3)14-23(20)31-25/h6-15H,4-5H2,1-3H3,(H,26,28). The van der Waals surface area contributed by atoms with E-state index in [1.807, 2.05) is 44.2 Å². The molecule has 0 aliphatic rings. The molecule has 0 aliphatic carbocycles. The minimum atomic E-state index is -0.202. The van der Waals surface area contributed by atoms with Crippen molar-refractivity contribution in [2.75, 3.05) is 18.5 Å². The van der Waals surface area contributed by atoms with E-state index in [1.165, 1.54) is 10.3 Å². The first-order valence-electron chi connectivity index (χ1n) is 10.3. The van der Waals surface area contributed by atoms with Gasteiger partial charge in [0.05, 0.1) is 23.4 Å². The molecule has 0 atom stereocenters. The molecule has 0 spiro atoms. The van der Waals surface area contributed by atoms with E-state index in [1.54, 1.807) is 29.5 Å². The quantitative estimate of drug-likeness (QED) is 0.371. The van der Waals surface area contributed by atoms with Gasteiger partial charge in [-0.2, -0.15) is 0 Å². The number of fused-ring (bicyclic) bond motifs is 1. The molecule has 31 heavy (non-hydrogen) atoms. The number of rotatable bonds is 7. The van der Waals surface area contributed by atoms with E-state index in [0.29, 0.717) is 30.3 Å². The number of thiazole rings is 1. The van der Waals surface area contributed by atoms with Crippen LogP contribution in [0.1, 0.15) is 29.8 Å². The lowest BCUT2D eigenvalue weighted by atomic mass is 10.1. The van der Waals surface area contributed by atoms with E-state index >= 15 is 0 Å². The summed E-state index contributed by atoms with van der Waals surface area (Å²) in [5.41, 5.74) is 4.48. The molecule has 1 heterocycles. The second-order valence-electron chi connectivity index (χ2n) is 7.05. The maximum atomic E-state index is 12.7. The van der Waals surface area contributed by atoms with Gasteiger partial charge in [-0.15, -0.1) is 11.3 Å². The molecule has 0 radical (unpaired) electrons. The Morgan fingerprint density at radius 3 is 2.42 bits per heavy atom. The first-order chi connectivity index (χ1) is 15.1. The van der Waals surface area contributed by atoms with Gasteiger partial charge < -0.3 is 14.8 Å². The fourth-order valence-corrected chi connectivity index (χ4v) is 4.32. The molecule has 4 rings (SSSR count). The van der Waals surface area contributed by atoms with Crippen LogP contribution in [0.4, 0.5) is 5.69 Å². The van der Waals surface area contributed by atoms with E-state index < -0.39 is 0 Å². The Kier molecular flexibility index (Phi) is 6.18. The van der Waals surface area contributed by atoms with Gasteiger partial charge in [-0.3, -0.25) is 4.79 Å². The Balaban J connectivity index is 1.50. The first-order valence-corrected chi connectivity index (χ1v) is 11.1. The number of carbonyl (C=O) groups excluding carboxylic acids is 1. The zero-order valence-corrected chi connectivity index (χ0v) is 18.6. The number of benzene rings is 3. The molecule has 1 aromatic heterocycles. The van der Waals surface area contributed by atoms with Gasteiger partial charge in [-0.05, 0) is 80.9 Å². The number of hydrogen-bond donors (Lipinski definition) is 1. The van der Waals surface area contributed by atoms with Crippen LogP contribution >= 0.6 is 11.3 Å². The summed E-state index contributed by atoms with van der Waals surface area (Å²) in [5, 5.41) is 3.90. The molecule has 0 bridgehead atoms. The topological polar surface area (TPSA) is 60.5 Å². The Hall–Kier alpha value is -3.38. The van der Waals surface area contributed by atoms with Crippen molar-refractivity contribution in [2.45, 2.75) is 20.8 Å². The minimum Gasteiger partial charge on any atom is -0.490 e. The second-order valence-corrected chi connectivity index (χ2v) is 8.08. The number of nitrogens with zero attached hydrogens (tertiary/aromatic N) is 1. The number of aromatic nitrogens is 1. The van der Waals surface area contributed by atoms with E-state index in [4.69, 9.17) is 14.5 Å². The first kappa shape index (κ1) is 20.9. The lowest BCUT2D eigenvalue weighted by Gasteiger charge is -2.12. The third-order valence-corrected chi connectivity index (χ3v) is 5.81. The molecular weight excluding hydrogens is 408 g/mol. The van der Waals surface area contributed by atoms with Crippen molar-refractivity contribution >= 4 is 33.1 Å². The number of aryl methyl sites for hydroxylation is 1. The lowest BCUT2D eigenvalue weighted by Crippen LogP contribution is -2.12. The molecule has 6 heteroatoms. The Labute approximate surface area is 185 Å². The molecule has 0 fully saturated rings. The third-order valence-electron chi connectivity index (χ3n) is 4.74. The maximum Gasteiger partial charge on any atom is 0.255 e. The van der Waals surface area contributed by atoms with E-state index in [9.17, 15) is 4.79 Å². The Morgan fingerprint density at radius 2 is 1.68 bits per heavy atom. The van der Waals surface area contributed by atoms with E-state index in [0.717, 1.165) is 21.8 Å². The molecule has 0 saturated carbocycles. The van der Waals surface area contributed by atoms with Crippen molar-refractivity contribution < 1.29 is 14.3 Å². The summed E-state index contributed by atoms with van der Waals surface area (Å²) in [6.07, 6.45) is 0. The molecule has 1 N–H and O–H groups in total. The molecule has 3 aromatic carbocycles. The molecule has 158 valence electrons. The highest BCUT2D eigenvalue weighted by Crippen LogP contribution is 2.32. The van der Waals surface area contributed by atoms with Crippen LogP contribution in [0.3, 0.4) is 0 Å². The van der Waals surface area contributed by atoms with Crippen molar-refractivity contribution in [1.29, 1.82) is 0 Å². The Morgan fingerprint density at radius 1 is 0.935 bits per heavy atom. The number of amides is 1. The number of carbonyl (C=O) groups is 1. The number of hydrogen-bond acceptors (Lipinski definition) is 5. The van der Waals surface area contributed by atoms with E-state index in [2.05, 4.69) is 24.4 Å². The zero-order chi connectivity index (χ0) is 21.8. The van der Waals surface area contributed by atoms with Crippen molar-refractivity contribution in [3.8, 4) is 22.1 Å². The molecule has 0 aliphatic heterocycles. The number of nitrogens with one attached hydrogen (secondary N) is 1. The minimum absolute atomic E-state index is 0.202. The highest BCUT2D eigenvalue weighted by atomic mass is 32.1. The van der Waals surface area contributed by atoms with Gasteiger partial charge in [0.1, 0.15) is 5.01 Å². The molecule has 0 saturated heterocycles. The number of anilines is 1. The highest BCUT2D eigenvalue weighted by Gasteiger charge is 2.12. The number of ether oxygens (including phenoxy) is 2. The second kappa shape index (κ2) is 9.18. The van der Waals surface area contributed by atoms with Crippen LogP contribution in [-0.4, -0.2) is 24.1 Å². The Bertz CT molecular complexity index is 1220. The normalized spacial score (nSPS) is 10.8.